The fraction of sp³-hybridized carbons (Fsp3) is 0.235. The van der Waals surface area contributed by atoms with Crippen LogP contribution in [0.3, 0.4) is 0 Å². The van der Waals surface area contributed by atoms with E-state index in [2.05, 4.69) is 35.4 Å². The van der Waals surface area contributed by atoms with Gasteiger partial charge in [0, 0.05) is 24.8 Å². The summed E-state index contributed by atoms with van der Waals surface area (Å²) in [5, 5.41) is 6.58. The molecule has 21 heavy (non-hydrogen) atoms. The highest BCUT2D eigenvalue weighted by atomic mass is 16.5. The molecule has 0 bridgehead atoms. The van der Waals surface area contributed by atoms with Crippen LogP contribution in [0.25, 0.3) is 10.8 Å². The molecule has 4 heteroatoms. The molecule has 3 aromatic rings. The Morgan fingerprint density at radius 2 is 2.14 bits per heavy atom. The number of nitrogens with zero attached hydrogens (tertiary/aromatic N) is 2. The zero-order chi connectivity index (χ0) is 14.8. The van der Waals surface area contributed by atoms with Crippen molar-refractivity contribution in [2.75, 3.05) is 7.11 Å². The second-order valence-electron chi connectivity index (χ2n) is 5.26. The number of aromatic nitrogens is 2. The molecule has 0 aliphatic rings. The molecular weight excluding hydrogens is 262 g/mol. The number of fused-ring (bicyclic) bond motifs is 1. The molecule has 1 unspecified atom stereocenters. The quantitative estimate of drug-likeness (QED) is 0.800. The van der Waals surface area contributed by atoms with Gasteiger partial charge in [-0.3, -0.25) is 4.68 Å². The molecule has 0 saturated carbocycles. The second kappa shape index (κ2) is 5.58. The summed E-state index contributed by atoms with van der Waals surface area (Å²) in [6.45, 7) is 0. The van der Waals surface area contributed by atoms with Crippen LogP contribution in [-0.4, -0.2) is 16.9 Å². The Labute approximate surface area is 124 Å². The summed E-state index contributed by atoms with van der Waals surface area (Å²) in [5.74, 6) is 0.866. The van der Waals surface area contributed by atoms with Crippen molar-refractivity contribution in [1.29, 1.82) is 0 Å². The summed E-state index contributed by atoms with van der Waals surface area (Å²) >= 11 is 0. The predicted molar refractivity (Wildman–Crippen MR) is 84.3 cm³/mol. The number of ether oxygens (including phenoxy) is 1. The Morgan fingerprint density at radius 3 is 2.86 bits per heavy atom. The van der Waals surface area contributed by atoms with Gasteiger partial charge in [-0.05, 0) is 34.9 Å². The standard InChI is InChI=1S/C17H19N3O/c1-20-11-14(10-19-20)17(18)8-13-5-3-4-12-6-7-15(21-2)9-16(12)13/h3-7,9-11,17H,8,18H2,1-2H3. The monoisotopic (exact) mass is 281 g/mol. The van der Waals surface area contributed by atoms with Crippen molar-refractivity contribution in [1.82, 2.24) is 9.78 Å². The number of methoxy groups -OCH3 is 1. The average Bonchev–Trinajstić information content (AvgIpc) is 2.94. The number of hydrogen-bond donors (Lipinski definition) is 1. The molecule has 2 aromatic carbocycles. The third-order valence-electron chi connectivity index (χ3n) is 3.77. The lowest BCUT2D eigenvalue weighted by Gasteiger charge is -2.13. The molecule has 3 rings (SSSR count). The van der Waals surface area contributed by atoms with Crippen molar-refractivity contribution in [3.05, 3.63) is 59.9 Å². The van der Waals surface area contributed by atoms with E-state index in [1.807, 2.05) is 25.5 Å². The molecule has 4 nitrogen and oxygen atoms in total. The number of aryl methyl sites for hydroxylation is 1. The van der Waals surface area contributed by atoms with Gasteiger partial charge in [0.2, 0.25) is 0 Å². The van der Waals surface area contributed by atoms with Crippen LogP contribution in [0.5, 0.6) is 5.75 Å². The summed E-state index contributed by atoms with van der Waals surface area (Å²) in [7, 11) is 3.59. The van der Waals surface area contributed by atoms with E-state index in [1.54, 1.807) is 11.8 Å². The van der Waals surface area contributed by atoms with Crippen LogP contribution < -0.4 is 10.5 Å². The van der Waals surface area contributed by atoms with Gasteiger partial charge >= 0.3 is 0 Å². The van der Waals surface area contributed by atoms with Gasteiger partial charge in [-0.1, -0.05) is 24.3 Å². The van der Waals surface area contributed by atoms with Gasteiger partial charge in [0.1, 0.15) is 5.75 Å². The minimum atomic E-state index is -0.0597. The summed E-state index contributed by atoms with van der Waals surface area (Å²) in [4.78, 5) is 0. The summed E-state index contributed by atoms with van der Waals surface area (Å²) < 4.78 is 7.10. The highest BCUT2D eigenvalue weighted by Gasteiger charge is 2.11. The predicted octanol–water partition coefficient (Wildman–Crippen LogP) is 2.82. The van der Waals surface area contributed by atoms with Crippen LogP contribution in [0.2, 0.25) is 0 Å². The van der Waals surface area contributed by atoms with Crippen molar-refractivity contribution >= 4 is 10.8 Å². The van der Waals surface area contributed by atoms with E-state index in [0.29, 0.717) is 0 Å². The van der Waals surface area contributed by atoms with Gasteiger partial charge < -0.3 is 10.5 Å². The van der Waals surface area contributed by atoms with Gasteiger partial charge in [-0.15, -0.1) is 0 Å². The molecule has 0 saturated heterocycles. The van der Waals surface area contributed by atoms with Crippen molar-refractivity contribution in [2.24, 2.45) is 12.8 Å². The van der Waals surface area contributed by atoms with Gasteiger partial charge in [0.15, 0.2) is 0 Å². The Balaban J connectivity index is 1.96. The number of hydrogen-bond acceptors (Lipinski definition) is 3. The van der Waals surface area contributed by atoms with E-state index in [9.17, 15) is 0 Å². The molecule has 2 N–H and O–H groups in total. The SMILES string of the molecule is COc1ccc2cccc(CC(N)c3cnn(C)c3)c2c1. The maximum atomic E-state index is 6.32. The molecule has 0 spiro atoms. The average molecular weight is 281 g/mol. The molecule has 0 fully saturated rings. The second-order valence-corrected chi connectivity index (χ2v) is 5.26. The first kappa shape index (κ1) is 13.6. The molecule has 108 valence electrons. The molecule has 1 heterocycles. The fourth-order valence-corrected chi connectivity index (χ4v) is 2.61. The van der Waals surface area contributed by atoms with Gasteiger partial charge in [0.25, 0.3) is 0 Å². The molecule has 0 aliphatic heterocycles. The first-order valence-corrected chi connectivity index (χ1v) is 6.97. The summed E-state index contributed by atoms with van der Waals surface area (Å²) in [6.07, 6.45) is 4.57. The van der Waals surface area contributed by atoms with Crippen molar-refractivity contribution in [3.63, 3.8) is 0 Å². The van der Waals surface area contributed by atoms with Crippen LogP contribution in [0.4, 0.5) is 0 Å². The van der Waals surface area contributed by atoms with Crippen molar-refractivity contribution < 1.29 is 4.74 Å². The highest BCUT2D eigenvalue weighted by Crippen LogP contribution is 2.26. The largest absolute Gasteiger partial charge is 0.497 e. The zero-order valence-corrected chi connectivity index (χ0v) is 12.3. The van der Waals surface area contributed by atoms with E-state index in [-0.39, 0.29) is 6.04 Å². The Morgan fingerprint density at radius 1 is 1.29 bits per heavy atom. The lowest BCUT2D eigenvalue weighted by atomic mass is 9.97. The van der Waals surface area contributed by atoms with E-state index in [0.717, 1.165) is 17.7 Å². The van der Waals surface area contributed by atoms with E-state index < -0.39 is 0 Å². The normalized spacial score (nSPS) is 12.5. The Kier molecular flexibility index (Phi) is 3.62. The van der Waals surface area contributed by atoms with Crippen molar-refractivity contribution in [3.8, 4) is 5.75 Å². The fourth-order valence-electron chi connectivity index (χ4n) is 2.61. The Bertz CT molecular complexity index is 764. The zero-order valence-electron chi connectivity index (χ0n) is 12.3. The van der Waals surface area contributed by atoms with E-state index >= 15 is 0 Å². The minimum absolute atomic E-state index is 0.0597. The molecular formula is C17H19N3O. The van der Waals surface area contributed by atoms with Crippen LogP contribution in [0.1, 0.15) is 17.2 Å². The van der Waals surface area contributed by atoms with E-state index in [4.69, 9.17) is 10.5 Å². The topological polar surface area (TPSA) is 53.1 Å². The lowest BCUT2D eigenvalue weighted by Crippen LogP contribution is -2.12. The smallest absolute Gasteiger partial charge is 0.119 e. The number of rotatable bonds is 4. The molecule has 0 amide bonds. The van der Waals surface area contributed by atoms with Gasteiger partial charge in [0.05, 0.1) is 13.3 Å². The third-order valence-corrected chi connectivity index (χ3v) is 3.77. The first-order chi connectivity index (χ1) is 10.2. The summed E-state index contributed by atoms with van der Waals surface area (Å²) in [5.41, 5.74) is 8.60. The molecule has 1 aromatic heterocycles. The maximum Gasteiger partial charge on any atom is 0.119 e. The molecule has 1 atom stereocenters. The molecule has 0 radical (unpaired) electrons. The first-order valence-electron chi connectivity index (χ1n) is 6.97. The van der Waals surface area contributed by atoms with Crippen LogP contribution in [0, 0.1) is 0 Å². The van der Waals surface area contributed by atoms with Crippen LogP contribution in [-0.2, 0) is 13.5 Å². The van der Waals surface area contributed by atoms with Gasteiger partial charge in [-0.2, -0.15) is 5.10 Å². The highest BCUT2D eigenvalue weighted by molar-refractivity contribution is 5.87. The minimum Gasteiger partial charge on any atom is -0.497 e. The third kappa shape index (κ3) is 2.76. The van der Waals surface area contributed by atoms with E-state index in [1.165, 1.54) is 16.3 Å². The van der Waals surface area contributed by atoms with Crippen LogP contribution >= 0.6 is 0 Å². The lowest BCUT2D eigenvalue weighted by molar-refractivity contribution is 0.415. The molecule has 0 aliphatic carbocycles. The van der Waals surface area contributed by atoms with Gasteiger partial charge in [-0.25, -0.2) is 0 Å². The summed E-state index contributed by atoms with van der Waals surface area (Å²) in [6, 6.07) is 12.4. The number of nitrogens with two attached hydrogens (primary N) is 1. The number of benzene rings is 2. The maximum absolute atomic E-state index is 6.32. The Hall–Kier alpha value is -2.33. The van der Waals surface area contributed by atoms with Crippen LogP contribution in [0.15, 0.2) is 48.8 Å². The van der Waals surface area contributed by atoms with Crippen molar-refractivity contribution in [2.45, 2.75) is 12.5 Å².